The van der Waals surface area contributed by atoms with Gasteiger partial charge in [0.25, 0.3) is 5.91 Å². The second-order valence-electron chi connectivity index (χ2n) is 5.29. The van der Waals surface area contributed by atoms with Crippen LogP contribution in [0.4, 0.5) is 0 Å². The molecule has 142 valence electrons. The van der Waals surface area contributed by atoms with Crippen LogP contribution in [0, 0.1) is 0 Å². The second kappa shape index (κ2) is 11.0. The van der Waals surface area contributed by atoms with Crippen molar-refractivity contribution >= 4 is 41.3 Å². The Balaban J connectivity index is 1.72. The Morgan fingerprint density at radius 3 is 2.54 bits per heavy atom. The molecule has 0 aromatic heterocycles. The molecule has 0 bridgehead atoms. The van der Waals surface area contributed by atoms with Gasteiger partial charge in [-0.25, -0.2) is 4.79 Å². The third-order valence-corrected chi connectivity index (χ3v) is 6.39. The Hall–Kier alpha value is -1.87. The fraction of sp³-hybridized carbons (Fsp3) is 0.471. The van der Waals surface area contributed by atoms with E-state index < -0.39 is 18.5 Å². The van der Waals surface area contributed by atoms with E-state index in [4.69, 9.17) is 9.47 Å². The lowest BCUT2D eigenvalue weighted by Gasteiger charge is -2.14. The molecule has 2 amide bonds. The molecule has 0 atom stereocenters. The summed E-state index contributed by atoms with van der Waals surface area (Å²) in [6.07, 6.45) is 0. The zero-order valence-corrected chi connectivity index (χ0v) is 16.1. The number of benzene rings is 1. The molecule has 1 aromatic rings. The van der Waals surface area contributed by atoms with Crippen molar-refractivity contribution in [2.45, 2.75) is 11.5 Å². The van der Waals surface area contributed by atoms with E-state index >= 15 is 0 Å². The standard InChI is InChI=1S/C17H22N2O5S2/c1-2-18-14(20)9-19-15(21)10-24-16(22)11-23-13-6-4-3-5-12(13)17-25-7-8-26-17/h3-6,17H,2,7-11H2,1H3,(H,18,20)(H,19,21). The molecule has 1 aromatic carbocycles. The predicted octanol–water partition coefficient (Wildman–Crippen LogP) is 1.34. The minimum absolute atomic E-state index is 0.148. The number of carbonyl (C=O) groups is 3. The van der Waals surface area contributed by atoms with Gasteiger partial charge in [0.2, 0.25) is 5.91 Å². The van der Waals surface area contributed by atoms with Gasteiger partial charge in [0.05, 0.1) is 11.1 Å². The van der Waals surface area contributed by atoms with E-state index in [-0.39, 0.29) is 19.1 Å². The van der Waals surface area contributed by atoms with Crippen LogP contribution >= 0.6 is 23.5 Å². The molecular formula is C17H22N2O5S2. The quantitative estimate of drug-likeness (QED) is 0.606. The summed E-state index contributed by atoms with van der Waals surface area (Å²) in [5.41, 5.74) is 1.05. The van der Waals surface area contributed by atoms with Gasteiger partial charge in [0, 0.05) is 23.6 Å². The van der Waals surface area contributed by atoms with E-state index in [1.54, 1.807) is 6.92 Å². The highest BCUT2D eigenvalue weighted by atomic mass is 32.2. The number of amides is 2. The number of hydrogen-bond donors (Lipinski definition) is 2. The molecule has 1 aliphatic heterocycles. The lowest BCUT2D eigenvalue weighted by Crippen LogP contribution is -2.38. The first-order chi connectivity index (χ1) is 12.6. The lowest BCUT2D eigenvalue weighted by atomic mass is 10.2. The summed E-state index contributed by atoms with van der Waals surface area (Å²) in [5, 5.41) is 4.92. The van der Waals surface area contributed by atoms with Gasteiger partial charge in [-0.2, -0.15) is 0 Å². The highest BCUT2D eigenvalue weighted by Gasteiger charge is 2.22. The van der Waals surface area contributed by atoms with Crippen molar-refractivity contribution in [1.29, 1.82) is 0 Å². The molecular weight excluding hydrogens is 376 g/mol. The molecule has 7 nitrogen and oxygen atoms in total. The minimum atomic E-state index is -0.639. The first-order valence-electron chi connectivity index (χ1n) is 8.24. The maximum absolute atomic E-state index is 11.8. The minimum Gasteiger partial charge on any atom is -0.482 e. The highest BCUT2D eigenvalue weighted by Crippen LogP contribution is 2.48. The van der Waals surface area contributed by atoms with Gasteiger partial charge >= 0.3 is 5.97 Å². The van der Waals surface area contributed by atoms with Crippen LogP contribution in [0.3, 0.4) is 0 Å². The van der Waals surface area contributed by atoms with Crippen molar-refractivity contribution in [2.24, 2.45) is 0 Å². The van der Waals surface area contributed by atoms with E-state index in [1.807, 2.05) is 47.8 Å². The molecule has 2 rings (SSSR count). The van der Waals surface area contributed by atoms with E-state index in [2.05, 4.69) is 10.6 Å². The molecule has 0 unspecified atom stereocenters. The number of nitrogens with one attached hydrogen (secondary N) is 2. The number of thioether (sulfide) groups is 2. The fourth-order valence-corrected chi connectivity index (χ4v) is 5.07. The van der Waals surface area contributed by atoms with Gasteiger partial charge in [-0.05, 0) is 13.0 Å². The predicted molar refractivity (Wildman–Crippen MR) is 102 cm³/mol. The van der Waals surface area contributed by atoms with E-state index in [0.29, 0.717) is 16.9 Å². The third kappa shape index (κ3) is 6.80. The molecule has 0 radical (unpaired) electrons. The van der Waals surface area contributed by atoms with Crippen molar-refractivity contribution < 1.29 is 23.9 Å². The first kappa shape index (κ1) is 20.4. The highest BCUT2D eigenvalue weighted by molar-refractivity contribution is 8.19. The normalized spacial score (nSPS) is 13.9. The maximum atomic E-state index is 11.8. The number of para-hydroxylation sites is 1. The van der Waals surface area contributed by atoms with Crippen LogP contribution in [0.1, 0.15) is 17.1 Å². The summed E-state index contributed by atoms with van der Waals surface area (Å²) in [6.45, 7) is 1.40. The summed E-state index contributed by atoms with van der Waals surface area (Å²) in [7, 11) is 0. The van der Waals surface area contributed by atoms with Crippen LogP contribution in [0.25, 0.3) is 0 Å². The van der Waals surface area contributed by atoms with Gasteiger partial charge < -0.3 is 20.1 Å². The van der Waals surface area contributed by atoms with Gasteiger partial charge in [0.1, 0.15) is 5.75 Å². The number of rotatable bonds is 9. The number of hydrogen-bond acceptors (Lipinski definition) is 7. The van der Waals surface area contributed by atoms with Crippen LogP contribution in [0.15, 0.2) is 24.3 Å². The Morgan fingerprint density at radius 1 is 1.08 bits per heavy atom. The van der Waals surface area contributed by atoms with Crippen LogP contribution in [0.5, 0.6) is 5.75 Å². The Kier molecular flexibility index (Phi) is 8.63. The summed E-state index contributed by atoms with van der Waals surface area (Å²) >= 11 is 3.70. The van der Waals surface area contributed by atoms with Gasteiger partial charge in [0.15, 0.2) is 13.2 Å². The largest absolute Gasteiger partial charge is 0.482 e. The van der Waals surface area contributed by atoms with Crippen molar-refractivity contribution in [3.05, 3.63) is 29.8 Å². The Labute approximate surface area is 160 Å². The lowest BCUT2D eigenvalue weighted by molar-refractivity contribution is -0.150. The Bertz CT molecular complexity index is 635. The van der Waals surface area contributed by atoms with Gasteiger partial charge in [-0.15, -0.1) is 23.5 Å². The average Bonchev–Trinajstić information content (AvgIpc) is 3.18. The molecule has 9 heteroatoms. The molecule has 0 saturated carbocycles. The summed E-state index contributed by atoms with van der Waals surface area (Å²) in [4.78, 5) is 34.5. The molecule has 1 saturated heterocycles. The van der Waals surface area contributed by atoms with E-state index in [9.17, 15) is 14.4 Å². The second-order valence-corrected chi connectivity index (χ2v) is 8.02. The van der Waals surface area contributed by atoms with Crippen molar-refractivity contribution in [3.8, 4) is 5.75 Å². The summed E-state index contributed by atoms with van der Waals surface area (Å²) in [5.74, 6) is 1.36. The van der Waals surface area contributed by atoms with Crippen molar-refractivity contribution in [1.82, 2.24) is 10.6 Å². The first-order valence-corrected chi connectivity index (χ1v) is 10.3. The molecule has 1 aliphatic rings. The SMILES string of the molecule is CCNC(=O)CNC(=O)COC(=O)COc1ccccc1C1SCCS1. The summed E-state index contributed by atoms with van der Waals surface area (Å²) in [6, 6.07) is 7.61. The number of esters is 1. The fourth-order valence-electron chi connectivity index (χ4n) is 2.16. The van der Waals surface area contributed by atoms with Crippen LogP contribution < -0.4 is 15.4 Å². The Morgan fingerprint density at radius 2 is 1.81 bits per heavy atom. The van der Waals surface area contributed by atoms with Crippen molar-refractivity contribution in [2.75, 3.05) is 37.8 Å². The molecule has 26 heavy (non-hydrogen) atoms. The van der Waals surface area contributed by atoms with Crippen LogP contribution in [0.2, 0.25) is 0 Å². The monoisotopic (exact) mass is 398 g/mol. The van der Waals surface area contributed by atoms with Gasteiger partial charge in [-0.3, -0.25) is 9.59 Å². The topological polar surface area (TPSA) is 93.7 Å². The molecule has 0 spiro atoms. The van der Waals surface area contributed by atoms with E-state index in [0.717, 1.165) is 17.1 Å². The zero-order chi connectivity index (χ0) is 18.8. The van der Waals surface area contributed by atoms with Gasteiger partial charge in [-0.1, -0.05) is 18.2 Å². The zero-order valence-electron chi connectivity index (χ0n) is 14.5. The molecule has 1 fully saturated rings. The number of ether oxygens (including phenoxy) is 2. The third-order valence-electron chi connectivity index (χ3n) is 3.32. The number of likely N-dealkylation sites (N-methyl/N-ethyl adjacent to an activating group) is 1. The molecule has 1 heterocycles. The average molecular weight is 399 g/mol. The maximum Gasteiger partial charge on any atom is 0.344 e. The molecule has 2 N–H and O–H groups in total. The molecule has 0 aliphatic carbocycles. The van der Waals surface area contributed by atoms with Crippen LogP contribution in [-0.2, 0) is 19.1 Å². The summed E-state index contributed by atoms with van der Waals surface area (Å²) < 4.78 is 10.7. The number of carbonyl (C=O) groups excluding carboxylic acids is 3. The van der Waals surface area contributed by atoms with Crippen LogP contribution in [-0.4, -0.2) is 55.6 Å². The smallest absolute Gasteiger partial charge is 0.344 e. The van der Waals surface area contributed by atoms with Crippen molar-refractivity contribution in [3.63, 3.8) is 0 Å². The van der Waals surface area contributed by atoms with E-state index in [1.165, 1.54) is 0 Å².